The summed E-state index contributed by atoms with van der Waals surface area (Å²) in [7, 11) is 1.71. The molecule has 23 heavy (non-hydrogen) atoms. The molecule has 1 atom stereocenters. The predicted molar refractivity (Wildman–Crippen MR) is 89.9 cm³/mol. The molecule has 128 valence electrons. The number of benzene rings is 1. The first kappa shape index (κ1) is 16.7. The maximum Gasteiger partial charge on any atom is 0.118 e. The second-order valence-corrected chi connectivity index (χ2v) is 6.87. The maximum absolute atomic E-state index is 5.51. The van der Waals surface area contributed by atoms with Crippen molar-refractivity contribution in [2.75, 3.05) is 59.7 Å². The molecular formula is C18H28N2O3. The minimum atomic E-state index is 0.301. The molecule has 1 aromatic carbocycles. The molecule has 2 fully saturated rings. The van der Waals surface area contributed by atoms with Gasteiger partial charge in [-0.3, -0.25) is 4.90 Å². The van der Waals surface area contributed by atoms with Crippen LogP contribution in [0.5, 0.6) is 5.75 Å². The Hall–Kier alpha value is -1.14. The minimum absolute atomic E-state index is 0.301. The van der Waals surface area contributed by atoms with Crippen LogP contribution < -0.4 is 10.1 Å². The predicted octanol–water partition coefficient (Wildman–Crippen LogP) is 1.69. The number of methoxy groups -OCH3 is 1. The molecule has 2 aliphatic heterocycles. The zero-order chi connectivity index (χ0) is 16.1. The molecule has 2 saturated heterocycles. The van der Waals surface area contributed by atoms with Gasteiger partial charge in [0.25, 0.3) is 0 Å². The van der Waals surface area contributed by atoms with E-state index in [9.17, 15) is 0 Å². The maximum atomic E-state index is 5.51. The van der Waals surface area contributed by atoms with E-state index < -0.39 is 0 Å². The van der Waals surface area contributed by atoms with Gasteiger partial charge in [0.15, 0.2) is 0 Å². The Morgan fingerprint density at radius 3 is 2.43 bits per heavy atom. The van der Waals surface area contributed by atoms with E-state index in [1.54, 1.807) is 7.11 Å². The number of hydrogen-bond acceptors (Lipinski definition) is 5. The third-order valence-corrected chi connectivity index (χ3v) is 4.78. The van der Waals surface area contributed by atoms with E-state index in [2.05, 4.69) is 29.3 Å². The SMILES string of the molecule is COc1ccc(C(CNCC2(C)COC2)N2CCOCC2)cc1. The van der Waals surface area contributed by atoms with E-state index in [-0.39, 0.29) is 0 Å². The van der Waals surface area contributed by atoms with Crippen molar-refractivity contribution in [3.8, 4) is 5.75 Å². The van der Waals surface area contributed by atoms with Gasteiger partial charge in [-0.15, -0.1) is 0 Å². The second kappa shape index (κ2) is 7.62. The van der Waals surface area contributed by atoms with E-state index >= 15 is 0 Å². The Bertz CT molecular complexity index is 482. The van der Waals surface area contributed by atoms with Crippen LogP contribution in [0.4, 0.5) is 0 Å². The highest BCUT2D eigenvalue weighted by atomic mass is 16.5. The summed E-state index contributed by atoms with van der Waals surface area (Å²) in [6.07, 6.45) is 0. The molecule has 1 unspecified atom stereocenters. The van der Waals surface area contributed by atoms with Gasteiger partial charge in [-0.1, -0.05) is 19.1 Å². The second-order valence-electron chi connectivity index (χ2n) is 6.87. The van der Waals surface area contributed by atoms with E-state index in [4.69, 9.17) is 14.2 Å². The van der Waals surface area contributed by atoms with Crippen LogP contribution in [0.1, 0.15) is 18.5 Å². The molecule has 2 heterocycles. The Kier molecular flexibility index (Phi) is 5.54. The molecule has 2 aliphatic rings. The highest BCUT2D eigenvalue weighted by Crippen LogP contribution is 2.27. The van der Waals surface area contributed by atoms with Gasteiger partial charge < -0.3 is 19.5 Å². The monoisotopic (exact) mass is 320 g/mol. The Labute approximate surface area is 138 Å². The third-order valence-electron chi connectivity index (χ3n) is 4.78. The lowest BCUT2D eigenvalue weighted by Crippen LogP contribution is -2.49. The highest BCUT2D eigenvalue weighted by molar-refractivity contribution is 5.29. The third kappa shape index (κ3) is 4.23. The van der Waals surface area contributed by atoms with Crippen LogP contribution in [0, 0.1) is 5.41 Å². The molecule has 0 aromatic heterocycles. The molecule has 1 aromatic rings. The fraction of sp³-hybridized carbons (Fsp3) is 0.667. The molecule has 0 amide bonds. The van der Waals surface area contributed by atoms with Crippen LogP contribution in [0.25, 0.3) is 0 Å². The van der Waals surface area contributed by atoms with Gasteiger partial charge in [0.2, 0.25) is 0 Å². The largest absolute Gasteiger partial charge is 0.497 e. The minimum Gasteiger partial charge on any atom is -0.497 e. The topological polar surface area (TPSA) is 43.0 Å². The van der Waals surface area contributed by atoms with Crippen LogP contribution in [0.3, 0.4) is 0 Å². The number of ether oxygens (including phenoxy) is 3. The summed E-state index contributed by atoms with van der Waals surface area (Å²) in [5, 5.41) is 3.66. The number of nitrogens with zero attached hydrogens (tertiary/aromatic N) is 1. The van der Waals surface area contributed by atoms with Crippen molar-refractivity contribution in [2.24, 2.45) is 5.41 Å². The first-order valence-corrected chi connectivity index (χ1v) is 8.44. The van der Waals surface area contributed by atoms with E-state index in [1.807, 2.05) is 12.1 Å². The molecule has 3 rings (SSSR count). The number of morpholine rings is 1. The summed E-state index contributed by atoms with van der Waals surface area (Å²) < 4.78 is 16.1. The smallest absolute Gasteiger partial charge is 0.118 e. The Morgan fingerprint density at radius 2 is 1.87 bits per heavy atom. The quantitative estimate of drug-likeness (QED) is 0.828. The van der Waals surface area contributed by atoms with Crippen LogP contribution in [-0.4, -0.2) is 64.6 Å². The molecule has 0 saturated carbocycles. The van der Waals surface area contributed by atoms with Crippen LogP contribution in [0.2, 0.25) is 0 Å². The summed E-state index contributed by atoms with van der Waals surface area (Å²) in [5.41, 5.74) is 1.63. The van der Waals surface area contributed by atoms with Crippen molar-refractivity contribution in [1.82, 2.24) is 10.2 Å². The number of rotatable bonds is 7. The lowest BCUT2D eigenvalue weighted by atomic mass is 9.88. The zero-order valence-electron chi connectivity index (χ0n) is 14.2. The van der Waals surface area contributed by atoms with Crippen molar-refractivity contribution in [2.45, 2.75) is 13.0 Å². The molecule has 0 bridgehead atoms. The standard InChI is InChI=1S/C18H28N2O3/c1-18(13-23-14-18)12-19-11-17(20-7-9-22-10-8-20)15-3-5-16(21-2)6-4-15/h3-6,17,19H,7-14H2,1-2H3. The number of hydrogen-bond donors (Lipinski definition) is 1. The number of nitrogens with one attached hydrogen (secondary N) is 1. The average molecular weight is 320 g/mol. The van der Waals surface area contributed by atoms with Gasteiger partial charge in [0, 0.05) is 37.6 Å². The van der Waals surface area contributed by atoms with Gasteiger partial charge in [-0.25, -0.2) is 0 Å². The zero-order valence-corrected chi connectivity index (χ0v) is 14.2. The fourth-order valence-electron chi connectivity index (χ4n) is 3.24. The molecule has 0 spiro atoms. The van der Waals surface area contributed by atoms with Gasteiger partial charge in [-0.05, 0) is 17.7 Å². The summed E-state index contributed by atoms with van der Waals surface area (Å²) in [4.78, 5) is 2.51. The summed E-state index contributed by atoms with van der Waals surface area (Å²) in [6, 6.07) is 8.81. The summed E-state index contributed by atoms with van der Waals surface area (Å²) >= 11 is 0. The summed E-state index contributed by atoms with van der Waals surface area (Å²) in [5.74, 6) is 0.904. The molecule has 5 nitrogen and oxygen atoms in total. The van der Waals surface area contributed by atoms with Crippen molar-refractivity contribution in [1.29, 1.82) is 0 Å². The van der Waals surface area contributed by atoms with E-state index in [0.717, 1.165) is 58.4 Å². The van der Waals surface area contributed by atoms with Crippen molar-refractivity contribution < 1.29 is 14.2 Å². The highest BCUT2D eigenvalue weighted by Gasteiger charge is 2.33. The van der Waals surface area contributed by atoms with Crippen molar-refractivity contribution >= 4 is 0 Å². The van der Waals surface area contributed by atoms with Crippen LogP contribution in [-0.2, 0) is 9.47 Å². The first-order valence-electron chi connectivity index (χ1n) is 8.44. The van der Waals surface area contributed by atoms with Crippen LogP contribution in [0.15, 0.2) is 24.3 Å². The average Bonchev–Trinajstić information content (AvgIpc) is 2.58. The molecule has 0 radical (unpaired) electrons. The van der Waals surface area contributed by atoms with Crippen molar-refractivity contribution in [3.05, 3.63) is 29.8 Å². The fourth-order valence-corrected chi connectivity index (χ4v) is 3.24. The first-order chi connectivity index (χ1) is 11.2. The van der Waals surface area contributed by atoms with E-state index in [1.165, 1.54) is 5.56 Å². The molecule has 1 N–H and O–H groups in total. The Morgan fingerprint density at radius 1 is 1.17 bits per heavy atom. The molecular weight excluding hydrogens is 292 g/mol. The Balaban J connectivity index is 1.64. The van der Waals surface area contributed by atoms with Gasteiger partial charge in [0.1, 0.15) is 5.75 Å². The molecule has 5 heteroatoms. The van der Waals surface area contributed by atoms with E-state index in [0.29, 0.717) is 11.5 Å². The van der Waals surface area contributed by atoms with Crippen molar-refractivity contribution in [3.63, 3.8) is 0 Å². The van der Waals surface area contributed by atoms with Crippen LogP contribution >= 0.6 is 0 Å². The van der Waals surface area contributed by atoms with Gasteiger partial charge >= 0.3 is 0 Å². The lowest BCUT2D eigenvalue weighted by Gasteiger charge is -2.40. The normalized spacial score (nSPS) is 22.3. The van der Waals surface area contributed by atoms with Gasteiger partial charge in [-0.2, -0.15) is 0 Å². The molecule has 0 aliphatic carbocycles. The lowest BCUT2D eigenvalue weighted by molar-refractivity contribution is -0.0996. The summed E-state index contributed by atoms with van der Waals surface area (Å²) in [6.45, 7) is 9.57. The van der Waals surface area contributed by atoms with Gasteiger partial charge in [0.05, 0.1) is 33.5 Å².